The Kier molecular flexibility index (Phi) is 6.93. The first kappa shape index (κ1) is 18.1. The van der Waals surface area contributed by atoms with Crippen LogP contribution in [0.2, 0.25) is 5.15 Å². The quantitative estimate of drug-likeness (QED) is 0.477. The fourth-order valence-electron chi connectivity index (χ4n) is 2.15. The number of aromatic nitrogens is 1. The van der Waals surface area contributed by atoms with Crippen LogP contribution in [0.4, 0.5) is 8.78 Å². The Morgan fingerprint density at radius 2 is 1.88 bits per heavy atom. The Morgan fingerprint density at radius 3 is 2.54 bits per heavy atom. The van der Waals surface area contributed by atoms with E-state index in [-0.39, 0.29) is 0 Å². The third-order valence-electron chi connectivity index (χ3n) is 3.41. The highest BCUT2D eigenvalue weighted by molar-refractivity contribution is 6.29. The van der Waals surface area contributed by atoms with Crippen LogP contribution in [0.25, 0.3) is 0 Å². The van der Waals surface area contributed by atoms with E-state index in [0.717, 1.165) is 24.1 Å². The molecule has 4 nitrogen and oxygen atoms in total. The van der Waals surface area contributed by atoms with Gasteiger partial charge in [0, 0.05) is 26.3 Å². The van der Waals surface area contributed by atoms with E-state index < -0.39 is 11.6 Å². The molecule has 0 unspecified atom stereocenters. The van der Waals surface area contributed by atoms with Gasteiger partial charge in [0.15, 0.2) is 5.96 Å². The average Bonchev–Trinajstić information content (AvgIpc) is 2.58. The van der Waals surface area contributed by atoms with Gasteiger partial charge in [-0.25, -0.2) is 13.8 Å². The van der Waals surface area contributed by atoms with E-state index >= 15 is 0 Å². The average molecular weight is 353 g/mol. The van der Waals surface area contributed by atoms with Crippen molar-refractivity contribution in [1.82, 2.24) is 15.6 Å². The van der Waals surface area contributed by atoms with Crippen LogP contribution in [-0.4, -0.2) is 31.1 Å². The van der Waals surface area contributed by atoms with Crippen molar-refractivity contribution in [3.63, 3.8) is 0 Å². The van der Waals surface area contributed by atoms with E-state index in [4.69, 9.17) is 11.6 Å². The van der Waals surface area contributed by atoms with Gasteiger partial charge in [-0.2, -0.15) is 0 Å². The van der Waals surface area contributed by atoms with E-state index in [1.165, 1.54) is 6.07 Å². The lowest BCUT2D eigenvalue weighted by Gasteiger charge is -2.12. The highest BCUT2D eigenvalue weighted by Crippen LogP contribution is 2.09. The second-order valence-electron chi connectivity index (χ2n) is 5.15. The maximum absolute atomic E-state index is 13.5. The smallest absolute Gasteiger partial charge is 0.190 e. The number of pyridine rings is 1. The van der Waals surface area contributed by atoms with Crippen molar-refractivity contribution < 1.29 is 8.78 Å². The molecule has 2 aromatic rings. The summed E-state index contributed by atoms with van der Waals surface area (Å²) in [4.78, 5) is 8.12. The number of hydrogen-bond donors (Lipinski definition) is 2. The van der Waals surface area contributed by atoms with Crippen LogP contribution >= 0.6 is 11.6 Å². The third-order valence-corrected chi connectivity index (χ3v) is 3.64. The minimum atomic E-state index is -0.439. The number of hydrogen-bond acceptors (Lipinski definition) is 2. The fraction of sp³-hybridized carbons (Fsp3) is 0.294. The molecule has 0 bridgehead atoms. The maximum Gasteiger partial charge on any atom is 0.190 e. The molecule has 2 rings (SSSR count). The van der Waals surface area contributed by atoms with Gasteiger partial charge in [0.2, 0.25) is 0 Å². The highest BCUT2D eigenvalue weighted by atomic mass is 35.5. The summed E-state index contributed by atoms with van der Waals surface area (Å²) in [6.07, 6.45) is 2.86. The van der Waals surface area contributed by atoms with Crippen LogP contribution in [0, 0.1) is 11.6 Å². The van der Waals surface area contributed by atoms with Gasteiger partial charge in [0.1, 0.15) is 16.8 Å². The minimum absolute atomic E-state index is 0.338. The largest absolute Gasteiger partial charge is 0.356 e. The molecule has 2 N–H and O–H groups in total. The number of benzene rings is 1. The molecule has 0 amide bonds. The van der Waals surface area contributed by atoms with Crippen molar-refractivity contribution in [3.8, 4) is 0 Å². The second kappa shape index (κ2) is 9.17. The molecule has 128 valence electrons. The summed E-state index contributed by atoms with van der Waals surface area (Å²) >= 11 is 5.74. The SMILES string of the molecule is CN=C(NCCc1ccc(Cl)nc1)NCCc1cc(F)ccc1F. The van der Waals surface area contributed by atoms with Crippen molar-refractivity contribution >= 4 is 17.6 Å². The molecule has 1 aromatic carbocycles. The lowest BCUT2D eigenvalue weighted by atomic mass is 10.1. The predicted octanol–water partition coefficient (Wildman–Crippen LogP) is 2.96. The van der Waals surface area contributed by atoms with Crippen LogP contribution in [0.1, 0.15) is 11.1 Å². The summed E-state index contributed by atoms with van der Waals surface area (Å²) in [5, 5.41) is 6.69. The Balaban J connectivity index is 1.74. The van der Waals surface area contributed by atoms with E-state index in [1.807, 2.05) is 6.07 Å². The van der Waals surface area contributed by atoms with E-state index in [0.29, 0.717) is 36.2 Å². The van der Waals surface area contributed by atoms with Crippen LogP contribution in [0.15, 0.2) is 41.5 Å². The molecule has 0 aliphatic heterocycles. The fourth-order valence-corrected chi connectivity index (χ4v) is 2.26. The van der Waals surface area contributed by atoms with E-state index in [2.05, 4.69) is 20.6 Å². The number of halogens is 3. The number of aliphatic imine (C=N–C) groups is 1. The third kappa shape index (κ3) is 5.77. The monoisotopic (exact) mass is 352 g/mol. The predicted molar refractivity (Wildman–Crippen MR) is 92.4 cm³/mol. The Morgan fingerprint density at radius 1 is 1.12 bits per heavy atom. The zero-order valence-corrected chi connectivity index (χ0v) is 14.1. The zero-order valence-electron chi connectivity index (χ0n) is 13.3. The van der Waals surface area contributed by atoms with Gasteiger partial charge < -0.3 is 10.6 Å². The van der Waals surface area contributed by atoms with Crippen molar-refractivity contribution in [3.05, 3.63) is 64.4 Å². The van der Waals surface area contributed by atoms with Crippen LogP contribution < -0.4 is 10.6 Å². The summed E-state index contributed by atoms with van der Waals surface area (Å²) < 4.78 is 26.7. The van der Waals surface area contributed by atoms with Crippen LogP contribution in [0.3, 0.4) is 0 Å². The zero-order chi connectivity index (χ0) is 17.4. The minimum Gasteiger partial charge on any atom is -0.356 e. The molecule has 0 aliphatic rings. The van der Waals surface area contributed by atoms with Gasteiger partial charge in [0.05, 0.1) is 0 Å². The maximum atomic E-state index is 13.5. The standard InChI is InChI=1S/C17H19ClF2N4/c1-21-17(22-8-6-12-2-5-16(18)24-11-12)23-9-7-13-10-14(19)3-4-15(13)20/h2-5,10-11H,6-9H2,1H3,(H2,21,22,23). The summed E-state index contributed by atoms with van der Waals surface area (Å²) in [7, 11) is 1.65. The molecule has 0 aliphatic carbocycles. The molecule has 0 spiro atoms. The number of rotatable bonds is 6. The summed E-state index contributed by atoms with van der Waals surface area (Å²) in [5.41, 5.74) is 1.40. The summed E-state index contributed by atoms with van der Waals surface area (Å²) in [6.45, 7) is 1.11. The van der Waals surface area contributed by atoms with E-state index in [9.17, 15) is 8.78 Å². The van der Waals surface area contributed by atoms with Crippen molar-refractivity contribution in [1.29, 1.82) is 0 Å². The molecule has 1 heterocycles. The summed E-state index contributed by atoms with van der Waals surface area (Å²) in [5.74, 6) is -0.240. The molecular weight excluding hydrogens is 334 g/mol. The van der Waals surface area contributed by atoms with Crippen molar-refractivity contribution in [2.24, 2.45) is 4.99 Å². The van der Waals surface area contributed by atoms with Crippen molar-refractivity contribution in [2.75, 3.05) is 20.1 Å². The molecule has 24 heavy (non-hydrogen) atoms. The van der Waals surface area contributed by atoms with Gasteiger partial charge in [0.25, 0.3) is 0 Å². The molecule has 7 heteroatoms. The number of nitrogens with zero attached hydrogens (tertiary/aromatic N) is 2. The molecular formula is C17H19ClF2N4. The topological polar surface area (TPSA) is 49.3 Å². The van der Waals surface area contributed by atoms with Gasteiger partial charge in [-0.3, -0.25) is 4.99 Å². The molecule has 0 fully saturated rings. The van der Waals surface area contributed by atoms with E-state index in [1.54, 1.807) is 19.3 Å². The number of nitrogens with one attached hydrogen (secondary N) is 2. The lowest BCUT2D eigenvalue weighted by molar-refractivity contribution is 0.583. The normalized spacial score (nSPS) is 11.4. The highest BCUT2D eigenvalue weighted by Gasteiger charge is 2.04. The number of guanidine groups is 1. The van der Waals surface area contributed by atoms with Gasteiger partial charge in [-0.15, -0.1) is 0 Å². The first-order valence-corrected chi connectivity index (χ1v) is 7.95. The molecule has 0 radical (unpaired) electrons. The molecule has 1 aromatic heterocycles. The Labute approximate surface area is 145 Å². The molecule has 0 saturated heterocycles. The van der Waals surface area contributed by atoms with Crippen LogP contribution in [0.5, 0.6) is 0 Å². The Hall–Kier alpha value is -2.21. The molecule has 0 atom stereocenters. The first-order valence-electron chi connectivity index (χ1n) is 7.57. The van der Waals surface area contributed by atoms with Crippen LogP contribution in [-0.2, 0) is 12.8 Å². The van der Waals surface area contributed by atoms with Crippen molar-refractivity contribution in [2.45, 2.75) is 12.8 Å². The first-order chi connectivity index (χ1) is 11.6. The summed E-state index contributed by atoms with van der Waals surface area (Å²) in [6, 6.07) is 7.12. The second-order valence-corrected chi connectivity index (χ2v) is 5.54. The van der Waals surface area contributed by atoms with Gasteiger partial charge >= 0.3 is 0 Å². The molecule has 0 saturated carbocycles. The van der Waals surface area contributed by atoms with Gasteiger partial charge in [-0.05, 0) is 48.2 Å². The Bertz CT molecular complexity index is 689. The van der Waals surface area contributed by atoms with Gasteiger partial charge in [-0.1, -0.05) is 17.7 Å². The lowest BCUT2D eigenvalue weighted by Crippen LogP contribution is -2.39.